The Bertz CT molecular complexity index is 3660. The highest BCUT2D eigenvalue weighted by atomic mass is 16.3. The molecule has 1 aliphatic carbocycles. The fraction of sp³-hybridized carbons (Fsp3) is 0.0164. The van der Waals surface area contributed by atoms with E-state index in [1.54, 1.807) is 0 Å². The summed E-state index contributed by atoms with van der Waals surface area (Å²) < 4.78 is 13.5. The van der Waals surface area contributed by atoms with E-state index in [1.807, 2.05) is 0 Å². The van der Waals surface area contributed by atoms with E-state index in [1.165, 1.54) is 44.5 Å². The Kier molecular flexibility index (Phi) is 8.13. The molecule has 0 atom stereocenters. The van der Waals surface area contributed by atoms with Crippen LogP contribution in [0.5, 0.6) is 0 Å². The zero-order valence-electron chi connectivity index (χ0n) is 34.8. The summed E-state index contributed by atoms with van der Waals surface area (Å²) in [5.74, 6) is 0. The summed E-state index contributed by atoms with van der Waals surface area (Å²) in [5, 5.41) is 4.20. The molecule has 3 nitrogen and oxygen atoms in total. The fourth-order valence-electron chi connectivity index (χ4n) is 10.6. The van der Waals surface area contributed by atoms with Gasteiger partial charge in [0.25, 0.3) is 0 Å². The molecule has 0 radical (unpaired) electrons. The molecule has 0 N–H and O–H groups in total. The predicted octanol–water partition coefficient (Wildman–Crippen LogP) is 16.7. The quantitative estimate of drug-likeness (QED) is 0.160. The zero-order chi connectivity index (χ0) is 42.2. The highest BCUT2D eigenvalue weighted by Crippen LogP contribution is 2.59. The minimum atomic E-state index is -0.530. The summed E-state index contributed by atoms with van der Waals surface area (Å²) in [6.07, 6.45) is 0. The van der Waals surface area contributed by atoms with Crippen LogP contribution in [-0.4, -0.2) is 0 Å². The van der Waals surface area contributed by atoms with Crippen LogP contribution in [0.25, 0.3) is 77.3 Å². The lowest BCUT2D eigenvalue weighted by Gasteiger charge is -2.34. The van der Waals surface area contributed by atoms with Gasteiger partial charge in [-0.2, -0.15) is 0 Å². The molecule has 13 rings (SSSR count). The van der Waals surface area contributed by atoms with Gasteiger partial charge in [-0.05, 0) is 98.6 Å². The molecule has 0 fully saturated rings. The van der Waals surface area contributed by atoms with Crippen molar-refractivity contribution >= 4 is 60.9 Å². The Morgan fingerprint density at radius 1 is 0.328 bits per heavy atom. The van der Waals surface area contributed by atoms with E-state index in [0.29, 0.717) is 0 Å². The fourth-order valence-corrected chi connectivity index (χ4v) is 10.6. The lowest BCUT2D eigenvalue weighted by molar-refractivity contribution is 0.664. The Hall–Kier alpha value is -8.40. The molecule has 0 spiro atoms. The van der Waals surface area contributed by atoms with Gasteiger partial charge >= 0.3 is 0 Å². The van der Waals surface area contributed by atoms with E-state index in [-0.39, 0.29) is 0 Å². The van der Waals surface area contributed by atoms with Crippen LogP contribution in [0.2, 0.25) is 0 Å². The van der Waals surface area contributed by atoms with Crippen molar-refractivity contribution in [3.8, 4) is 33.4 Å². The van der Waals surface area contributed by atoms with Crippen LogP contribution in [0.4, 0.5) is 17.1 Å². The normalized spacial score (nSPS) is 12.8. The van der Waals surface area contributed by atoms with Gasteiger partial charge in [0.2, 0.25) is 0 Å². The van der Waals surface area contributed by atoms with Gasteiger partial charge in [0.15, 0.2) is 0 Å². The van der Waals surface area contributed by atoms with Crippen molar-refractivity contribution in [2.45, 2.75) is 5.41 Å². The van der Waals surface area contributed by atoms with Crippen LogP contribution in [0.3, 0.4) is 0 Å². The molecule has 3 heteroatoms. The number of rotatable bonds is 7. The highest BCUT2D eigenvalue weighted by Gasteiger charge is 2.47. The molecule has 0 saturated heterocycles. The summed E-state index contributed by atoms with van der Waals surface area (Å²) in [7, 11) is 0. The van der Waals surface area contributed by atoms with E-state index < -0.39 is 5.41 Å². The smallest absolute Gasteiger partial charge is 0.137 e. The number of fused-ring (bicyclic) bond motifs is 9. The van der Waals surface area contributed by atoms with Crippen LogP contribution in [0.1, 0.15) is 22.3 Å². The molecule has 1 aliphatic rings. The first-order valence-corrected chi connectivity index (χ1v) is 21.9. The van der Waals surface area contributed by atoms with Gasteiger partial charge in [0, 0.05) is 44.5 Å². The lowest BCUT2D eigenvalue weighted by atomic mass is 9.68. The van der Waals surface area contributed by atoms with Crippen molar-refractivity contribution in [3.63, 3.8) is 0 Å². The average molecular weight is 818 g/mol. The van der Waals surface area contributed by atoms with E-state index in [4.69, 9.17) is 8.83 Å². The second-order valence-corrected chi connectivity index (χ2v) is 16.7. The highest BCUT2D eigenvalue weighted by molar-refractivity contribution is 6.18. The van der Waals surface area contributed by atoms with Gasteiger partial charge in [0.1, 0.15) is 22.3 Å². The molecule has 2 aromatic heterocycles. The Morgan fingerprint density at radius 2 is 0.859 bits per heavy atom. The van der Waals surface area contributed by atoms with Gasteiger partial charge in [0.05, 0.1) is 11.1 Å². The summed E-state index contributed by atoms with van der Waals surface area (Å²) in [4.78, 5) is 2.41. The van der Waals surface area contributed by atoms with E-state index in [9.17, 15) is 0 Å². The Balaban J connectivity index is 1.04. The van der Waals surface area contributed by atoms with Crippen molar-refractivity contribution in [1.82, 2.24) is 0 Å². The largest absolute Gasteiger partial charge is 0.456 e. The van der Waals surface area contributed by atoms with Crippen LogP contribution in [0.15, 0.2) is 245 Å². The Morgan fingerprint density at radius 3 is 1.59 bits per heavy atom. The molecular weight excluding hydrogens is 779 g/mol. The summed E-state index contributed by atoms with van der Waals surface area (Å²) in [6.45, 7) is 0. The standard InChI is InChI=1S/C61H39NO2/c1-5-17-40(18-6-1)41-31-33-45(34-32-41)62(54-29-16-28-53-60(54)49-25-13-14-27-52(49)61(53,43-21-9-3-10-22-43)44-23-11-4-12-24-44)46-35-36-48-50-38-58-51(39-57(50)64-56(48)37-46)59-47(26-15-30-55(59)63-58)42-19-7-2-8-20-42/h1-39H. The topological polar surface area (TPSA) is 29.5 Å². The molecular formula is C61H39NO2. The van der Waals surface area contributed by atoms with Gasteiger partial charge in [-0.15, -0.1) is 0 Å². The monoisotopic (exact) mass is 817 g/mol. The first kappa shape index (κ1) is 36.3. The molecule has 10 aromatic carbocycles. The maximum absolute atomic E-state index is 6.89. The van der Waals surface area contributed by atoms with Crippen LogP contribution in [0, 0.1) is 0 Å². The first-order valence-electron chi connectivity index (χ1n) is 21.9. The van der Waals surface area contributed by atoms with Gasteiger partial charge < -0.3 is 13.7 Å². The van der Waals surface area contributed by atoms with Crippen LogP contribution in [-0.2, 0) is 5.41 Å². The maximum atomic E-state index is 6.89. The molecule has 2 heterocycles. The predicted molar refractivity (Wildman–Crippen MR) is 264 cm³/mol. The molecule has 64 heavy (non-hydrogen) atoms. The SMILES string of the molecule is c1ccc(-c2ccc(N(c3ccc4c(c3)oc3cc5c(cc34)oc3cccc(-c4ccccc4)c35)c3cccc4c3-c3ccccc3C4(c3ccccc3)c3ccccc3)cc2)cc1. The van der Waals surface area contributed by atoms with Gasteiger partial charge in [-0.1, -0.05) is 182 Å². The maximum Gasteiger partial charge on any atom is 0.137 e. The third-order valence-electron chi connectivity index (χ3n) is 13.3. The number of hydrogen-bond donors (Lipinski definition) is 0. The lowest BCUT2D eigenvalue weighted by Crippen LogP contribution is -2.28. The molecule has 300 valence electrons. The van der Waals surface area contributed by atoms with E-state index in [0.717, 1.165) is 72.1 Å². The molecule has 12 aromatic rings. The third-order valence-corrected chi connectivity index (χ3v) is 13.3. The number of anilines is 3. The minimum Gasteiger partial charge on any atom is -0.456 e. The Labute approximate surface area is 370 Å². The summed E-state index contributed by atoms with van der Waals surface area (Å²) >= 11 is 0. The molecule has 0 aliphatic heterocycles. The summed E-state index contributed by atoms with van der Waals surface area (Å²) in [6, 6.07) is 85.1. The van der Waals surface area contributed by atoms with Crippen LogP contribution >= 0.6 is 0 Å². The molecule has 0 amide bonds. The molecule has 0 bridgehead atoms. The average Bonchev–Trinajstić information content (AvgIpc) is 4.02. The van der Waals surface area contributed by atoms with E-state index in [2.05, 4.69) is 241 Å². The summed E-state index contributed by atoms with van der Waals surface area (Å²) in [5.41, 5.74) is 18.1. The van der Waals surface area contributed by atoms with E-state index >= 15 is 0 Å². The van der Waals surface area contributed by atoms with Crippen LogP contribution < -0.4 is 4.90 Å². The third kappa shape index (κ3) is 5.41. The number of nitrogens with zero attached hydrogens (tertiary/aromatic N) is 1. The van der Waals surface area contributed by atoms with Crippen molar-refractivity contribution in [1.29, 1.82) is 0 Å². The minimum absolute atomic E-state index is 0.530. The number of benzene rings is 10. The second kappa shape index (κ2) is 14.3. The zero-order valence-corrected chi connectivity index (χ0v) is 34.8. The van der Waals surface area contributed by atoms with Crippen molar-refractivity contribution in [3.05, 3.63) is 259 Å². The van der Waals surface area contributed by atoms with Crippen molar-refractivity contribution in [2.75, 3.05) is 4.90 Å². The second-order valence-electron chi connectivity index (χ2n) is 16.7. The number of furan rings is 2. The van der Waals surface area contributed by atoms with Gasteiger partial charge in [-0.25, -0.2) is 0 Å². The molecule has 0 saturated carbocycles. The van der Waals surface area contributed by atoms with Crippen molar-refractivity contribution < 1.29 is 8.83 Å². The first-order chi connectivity index (χ1) is 31.7. The molecule has 0 unspecified atom stereocenters. The number of hydrogen-bond acceptors (Lipinski definition) is 3. The van der Waals surface area contributed by atoms with Gasteiger partial charge in [-0.3, -0.25) is 0 Å². The van der Waals surface area contributed by atoms with Crippen molar-refractivity contribution in [2.24, 2.45) is 0 Å².